The lowest BCUT2D eigenvalue weighted by atomic mass is 10.1. The molecule has 0 saturated carbocycles. The number of aryl methyl sites for hydroxylation is 1. The largest absolute Gasteiger partial charge is 0.438 e. The second-order valence-electron chi connectivity index (χ2n) is 3.07. The monoisotopic (exact) mass is 212 g/mol. The van der Waals surface area contributed by atoms with E-state index in [9.17, 15) is 9.18 Å². The van der Waals surface area contributed by atoms with Crippen LogP contribution in [-0.2, 0) is 22.4 Å². The molecule has 15 heavy (non-hydrogen) atoms. The number of hydrogen-bond acceptors (Lipinski definition) is 3. The Bertz CT molecular complexity index is 350. The molecule has 0 bridgehead atoms. The fourth-order valence-electron chi connectivity index (χ4n) is 1.32. The predicted molar refractivity (Wildman–Crippen MR) is 52.7 cm³/mol. The lowest BCUT2D eigenvalue weighted by molar-refractivity contribution is -0.150. The van der Waals surface area contributed by atoms with Crippen LogP contribution < -0.4 is 0 Å². The van der Waals surface area contributed by atoms with Crippen molar-refractivity contribution in [1.29, 1.82) is 0 Å². The molecule has 1 aromatic rings. The van der Waals surface area contributed by atoms with Crippen LogP contribution in [0.1, 0.15) is 18.1 Å². The molecule has 1 rings (SSSR count). The summed E-state index contributed by atoms with van der Waals surface area (Å²) in [5.41, 5.74) is 0.872. The van der Waals surface area contributed by atoms with Crippen molar-refractivity contribution in [3.05, 3.63) is 35.1 Å². The molecule has 0 radical (unpaired) electrons. The van der Waals surface area contributed by atoms with Crippen LogP contribution in [-0.4, -0.2) is 17.9 Å². The Morgan fingerprint density at radius 2 is 2.13 bits per heavy atom. The van der Waals surface area contributed by atoms with Gasteiger partial charge in [0.05, 0.1) is 6.42 Å². The minimum atomic E-state index is -0.673. The average Bonchev–Trinajstić information content (AvgIpc) is 2.21. The van der Waals surface area contributed by atoms with E-state index in [2.05, 4.69) is 4.74 Å². The van der Waals surface area contributed by atoms with Gasteiger partial charge in [-0.15, -0.1) is 0 Å². The summed E-state index contributed by atoms with van der Waals surface area (Å²) >= 11 is 0. The number of carbonyl (C=O) groups excluding carboxylic acids is 1. The molecule has 1 aromatic carbocycles. The molecular weight excluding hydrogens is 199 g/mol. The van der Waals surface area contributed by atoms with Crippen LogP contribution in [0.25, 0.3) is 0 Å². The van der Waals surface area contributed by atoms with E-state index < -0.39 is 12.8 Å². The summed E-state index contributed by atoms with van der Waals surface area (Å²) in [5, 5.41) is 8.35. The minimum Gasteiger partial charge on any atom is -0.438 e. The highest BCUT2D eigenvalue weighted by Gasteiger charge is 2.11. The number of rotatable bonds is 4. The average molecular weight is 212 g/mol. The first kappa shape index (κ1) is 11.7. The van der Waals surface area contributed by atoms with Gasteiger partial charge in [0, 0.05) is 0 Å². The Kier molecular flexibility index (Phi) is 4.24. The maximum atomic E-state index is 13.6. The molecule has 0 saturated heterocycles. The molecule has 0 fully saturated rings. The zero-order valence-electron chi connectivity index (χ0n) is 8.50. The van der Waals surface area contributed by atoms with Gasteiger partial charge in [-0.25, -0.2) is 4.39 Å². The van der Waals surface area contributed by atoms with Crippen LogP contribution in [0, 0.1) is 5.82 Å². The molecule has 0 aliphatic carbocycles. The predicted octanol–water partition coefficient (Wildman–Crippen LogP) is 1.42. The molecule has 0 aliphatic heterocycles. The Morgan fingerprint density at radius 1 is 1.47 bits per heavy atom. The quantitative estimate of drug-likeness (QED) is 0.606. The molecule has 0 heterocycles. The van der Waals surface area contributed by atoms with Crippen LogP contribution in [0.4, 0.5) is 4.39 Å². The molecule has 0 atom stereocenters. The van der Waals surface area contributed by atoms with Crippen molar-refractivity contribution in [3.8, 4) is 0 Å². The number of esters is 1. The Balaban J connectivity index is 2.81. The number of benzene rings is 1. The molecule has 1 N–H and O–H groups in total. The van der Waals surface area contributed by atoms with Gasteiger partial charge in [0.2, 0.25) is 0 Å². The van der Waals surface area contributed by atoms with Gasteiger partial charge in [0.1, 0.15) is 5.82 Å². The summed E-state index contributed by atoms with van der Waals surface area (Å²) in [4.78, 5) is 11.0. The fraction of sp³-hybridized carbons (Fsp3) is 0.364. The highest BCUT2D eigenvalue weighted by Crippen LogP contribution is 2.14. The topological polar surface area (TPSA) is 46.5 Å². The van der Waals surface area contributed by atoms with Gasteiger partial charge in [-0.2, -0.15) is 0 Å². The van der Waals surface area contributed by atoms with Crippen LogP contribution >= 0.6 is 0 Å². The van der Waals surface area contributed by atoms with Gasteiger partial charge in [-0.1, -0.05) is 25.1 Å². The zero-order valence-corrected chi connectivity index (χ0v) is 8.50. The first-order valence-electron chi connectivity index (χ1n) is 4.71. The van der Waals surface area contributed by atoms with Crippen LogP contribution in [0.15, 0.2) is 18.2 Å². The smallest absolute Gasteiger partial charge is 0.312 e. The molecule has 0 spiro atoms. The summed E-state index contributed by atoms with van der Waals surface area (Å²) < 4.78 is 17.9. The molecule has 0 amide bonds. The molecule has 0 aliphatic rings. The van der Waals surface area contributed by atoms with Gasteiger partial charge in [0.25, 0.3) is 0 Å². The van der Waals surface area contributed by atoms with Crippen LogP contribution in [0.2, 0.25) is 0 Å². The minimum absolute atomic E-state index is 0.153. The van der Waals surface area contributed by atoms with Crippen molar-refractivity contribution in [2.24, 2.45) is 0 Å². The van der Waals surface area contributed by atoms with E-state index in [0.29, 0.717) is 17.5 Å². The van der Waals surface area contributed by atoms with E-state index in [0.717, 1.165) is 0 Å². The van der Waals surface area contributed by atoms with E-state index >= 15 is 0 Å². The maximum absolute atomic E-state index is 13.6. The van der Waals surface area contributed by atoms with Crippen molar-refractivity contribution >= 4 is 5.97 Å². The first-order chi connectivity index (χ1) is 7.19. The van der Waals surface area contributed by atoms with Crippen molar-refractivity contribution in [2.45, 2.75) is 19.8 Å². The van der Waals surface area contributed by atoms with Crippen molar-refractivity contribution in [2.75, 3.05) is 6.79 Å². The third kappa shape index (κ3) is 3.02. The van der Waals surface area contributed by atoms with Gasteiger partial charge >= 0.3 is 5.97 Å². The molecule has 0 unspecified atom stereocenters. The Morgan fingerprint density at radius 3 is 2.73 bits per heavy atom. The Hall–Kier alpha value is -1.42. The van der Waals surface area contributed by atoms with Crippen molar-refractivity contribution < 1.29 is 19.0 Å². The fourth-order valence-corrected chi connectivity index (χ4v) is 1.32. The molecule has 0 aromatic heterocycles. The highest BCUT2D eigenvalue weighted by molar-refractivity contribution is 5.72. The summed E-state index contributed by atoms with van der Waals surface area (Å²) in [5.74, 6) is -1.00. The third-order valence-corrected chi connectivity index (χ3v) is 2.10. The van der Waals surface area contributed by atoms with E-state index in [1.165, 1.54) is 6.07 Å². The lowest BCUT2D eigenvalue weighted by Crippen LogP contribution is -2.10. The summed E-state index contributed by atoms with van der Waals surface area (Å²) in [6.07, 6.45) is 0.426. The summed E-state index contributed by atoms with van der Waals surface area (Å²) in [6.45, 7) is 1.17. The number of hydrogen-bond donors (Lipinski definition) is 1. The van der Waals surface area contributed by atoms with E-state index in [4.69, 9.17) is 5.11 Å². The highest BCUT2D eigenvalue weighted by atomic mass is 19.1. The van der Waals surface area contributed by atoms with E-state index in [1.54, 1.807) is 12.1 Å². The van der Waals surface area contributed by atoms with Gasteiger partial charge in [0.15, 0.2) is 6.79 Å². The Labute approximate surface area is 87.5 Å². The van der Waals surface area contributed by atoms with Crippen LogP contribution in [0.3, 0.4) is 0 Å². The molecular formula is C11H13FO3. The zero-order chi connectivity index (χ0) is 11.3. The van der Waals surface area contributed by atoms with E-state index in [-0.39, 0.29) is 12.2 Å². The number of ether oxygens (including phenoxy) is 1. The molecule has 4 heteroatoms. The van der Waals surface area contributed by atoms with Gasteiger partial charge < -0.3 is 9.84 Å². The molecule has 82 valence electrons. The maximum Gasteiger partial charge on any atom is 0.312 e. The SMILES string of the molecule is CCc1cccc(CC(=O)OCO)c1F. The van der Waals surface area contributed by atoms with Crippen molar-refractivity contribution in [3.63, 3.8) is 0 Å². The first-order valence-corrected chi connectivity index (χ1v) is 4.71. The van der Waals surface area contributed by atoms with Crippen molar-refractivity contribution in [1.82, 2.24) is 0 Å². The molecule has 3 nitrogen and oxygen atoms in total. The number of aliphatic hydroxyl groups is 1. The van der Waals surface area contributed by atoms with Gasteiger partial charge in [-0.3, -0.25) is 4.79 Å². The lowest BCUT2D eigenvalue weighted by Gasteiger charge is -2.06. The van der Waals surface area contributed by atoms with Gasteiger partial charge in [-0.05, 0) is 17.5 Å². The second-order valence-corrected chi connectivity index (χ2v) is 3.07. The number of carbonyl (C=O) groups is 1. The second kappa shape index (κ2) is 5.46. The summed E-state index contributed by atoms with van der Waals surface area (Å²) in [6, 6.07) is 4.91. The van der Waals surface area contributed by atoms with E-state index in [1.807, 2.05) is 6.92 Å². The van der Waals surface area contributed by atoms with Crippen LogP contribution in [0.5, 0.6) is 0 Å². The number of halogens is 1. The number of aliphatic hydroxyl groups excluding tert-OH is 1. The normalized spacial score (nSPS) is 10.1. The summed E-state index contributed by atoms with van der Waals surface area (Å²) in [7, 11) is 0. The standard InChI is InChI=1S/C11H13FO3/c1-2-8-4-3-5-9(11(8)12)6-10(14)15-7-13/h3-5,13H,2,6-7H2,1H3. The third-order valence-electron chi connectivity index (χ3n) is 2.10.